The summed E-state index contributed by atoms with van der Waals surface area (Å²) in [7, 11) is 0. The summed E-state index contributed by atoms with van der Waals surface area (Å²) in [6.07, 6.45) is 0. The molecule has 0 aromatic heterocycles. The second kappa shape index (κ2) is 6.82. The van der Waals surface area contributed by atoms with E-state index in [0.717, 1.165) is 37.4 Å². The monoisotopic (exact) mass is 395 g/mol. The van der Waals surface area contributed by atoms with Crippen molar-refractivity contribution in [2.45, 2.75) is 6.04 Å². The van der Waals surface area contributed by atoms with E-state index in [4.69, 9.17) is 5.10 Å². The van der Waals surface area contributed by atoms with E-state index in [1.54, 1.807) is 4.90 Å². The van der Waals surface area contributed by atoms with Gasteiger partial charge in [-0.15, -0.1) is 0 Å². The molecule has 0 spiro atoms. The van der Waals surface area contributed by atoms with Crippen molar-refractivity contribution in [2.75, 3.05) is 31.5 Å². The number of nitrogens with one attached hydrogen (secondary N) is 2. The number of carbonyl (C=O) groups is 1. The Kier molecular flexibility index (Phi) is 3.96. The minimum absolute atomic E-state index is 0.107. The Hall–Kier alpha value is -3.44. The van der Waals surface area contributed by atoms with Gasteiger partial charge in [-0.25, -0.2) is 0 Å². The quantitative estimate of drug-likeness (QED) is 0.700. The molecule has 1 amide bonds. The third-order valence-electron chi connectivity index (χ3n) is 6.51. The molecule has 0 unspecified atom stereocenters. The standard InChI is InChI=1S/C25H22N4O/c30-25-23(21-11-5-6-12-22(21)26-25)27-29-15-13-28(14-16-29)24-19-9-3-1-7-17(19)18-8-2-4-10-20(18)24/h1-12,24H,13-16H2,(H,26,27,30)/p+1. The third kappa shape index (κ3) is 2.66. The Morgan fingerprint density at radius 3 is 2.03 bits per heavy atom. The Labute approximate surface area is 175 Å². The smallest absolute Gasteiger partial charge is 0.276 e. The summed E-state index contributed by atoms with van der Waals surface area (Å²) in [5.41, 5.74) is 7.88. The summed E-state index contributed by atoms with van der Waals surface area (Å²) >= 11 is 0. The van der Waals surface area contributed by atoms with E-state index in [1.807, 2.05) is 24.3 Å². The average molecular weight is 395 g/mol. The Bertz CT molecular complexity index is 1130. The minimum atomic E-state index is -0.107. The van der Waals surface area contributed by atoms with Crippen LogP contribution in [0.1, 0.15) is 22.7 Å². The lowest BCUT2D eigenvalue weighted by Gasteiger charge is -2.34. The maximum atomic E-state index is 12.4. The van der Waals surface area contributed by atoms with Crippen molar-refractivity contribution in [1.82, 2.24) is 5.01 Å². The van der Waals surface area contributed by atoms with Gasteiger partial charge >= 0.3 is 0 Å². The lowest BCUT2D eigenvalue weighted by atomic mass is 10.0. The number of amides is 1. The maximum absolute atomic E-state index is 12.4. The number of rotatable bonds is 2. The molecule has 2 aliphatic heterocycles. The molecular formula is C25H23N4O+. The molecule has 0 saturated carbocycles. The molecule has 5 nitrogen and oxygen atoms in total. The van der Waals surface area contributed by atoms with Gasteiger partial charge in [0.2, 0.25) is 0 Å². The van der Waals surface area contributed by atoms with E-state index in [0.29, 0.717) is 11.8 Å². The number of carbonyl (C=O) groups excluding carboxylic acids is 1. The number of benzene rings is 3. The maximum Gasteiger partial charge on any atom is 0.276 e. The van der Waals surface area contributed by atoms with Crippen LogP contribution in [0.15, 0.2) is 77.9 Å². The summed E-state index contributed by atoms with van der Waals surface area (Å²) in [5, 5.41) is 9.71. The second-order valence-corrected chi connectivity index (χ2v) is 8.17. The van der Waals surface area contributed by atoms with Gasteiger partial charge < -0.3 is 10.2 Å². The summed E-state index contributed by atoms with van der Waals surface area (Å²) in [6.45, 7) is 3.67. The number of piperazine rings is 1. The highest BCUT2D eigenvalue weighted by Crippen LogP contribution is 2.41. The van der Waals surface area contributed by atoms with Gasteiger partial charge in [0.05, 0.1) is 31.9 Å². The van der Waals surface area contributed by atoms with Crippen molar-refractivity contribution in [3.8, 4) is 11.1 Å². The van der Waals surface area contributed by atoms with Gasteiger partial charge in [-0.1, -0.05) is 66.7 Å². The van der Waals surface area contributed by atoms with E-state index >= 15 is 0 Å². The minimum Gasteiger partial charge on any atom is -0.322 e. The van der Waals surface area contributed by atoms with Crippen molar-refractivity contribution in [3.05, 3.63) is 89.5 Å². The number of hydrogen-bond acceptors (Lipinski definition) is 3. The molecule has 3 aromatic carbocycles. The van der Waals surface area contributed by atoms with Gasteiger partial charge in [0.15, 0.2) is 5.71 Å². The molecule has 1 saturated heterocycles. The zero-order chi connectivity index (χ0) is 20.1. The molecule has 0 radical (unpaired) electrons. The first kappa shape index (κ1) is 17.4. The molecule has 0 bridgehead atoms. The third-order valence-corrected chi connectivity index (χ3v) is 6.51. The number of fused-ring (bicyclic) bond motifs is 4. The average Bonchev–Trinajstić information content (AvgIpc) is 3.29. The Morgan fingerprint density at radius 2 is 1.37 bits per heavy atom. The molecule has 2 heterocycles. The molecule has 1 fully saturated rings. The lowest BCUT2D eigenvalue weighted by Crippen LogP contribution is -3.14. The zero-order valence-corrected chi connectivity index (χ0v) is 16.6. The highest BCUT2D eigenvalue weighted by molar-refractivity contribution is 6.53. The van der Waals surface area contributed by atoms with E-state index in [-0.39, 0.29) is 5.91 Å². The SMILES string of the molecule is O=C1Nc2ccccc2/C1=N/N1CC[NH+](C2c3ccccc3-c3ccccc32)CC1. The molecule has 30 heavy (non-hydrogen) atoms. The van der Waals surface area contributed by atoms with Crippen LogP contribution in [0.5, 0.6) is 0 Å². The van der Waals surface area contributed by atoms with Crippen molar-refractivity contribution in [3.63, 3.8) is 0 Å². The molecule has 148 valence electrons. The van der Waals surface area contributed by atoms with Crippen LogP contribution in [0.25, 0.3) is 11.1 Å². The number of quaternary nitrogens is 1. The predicted octanol–water partition coefficient (Wildman–Crippen LogP) is 2.31. The lowest BCUT2D eigenvalue weighted by molar-refractivity contribution is -0.929. The fraction of sp³-hybridized carbons (Fsp3) is 0.200. The highest BCUT2D eigenvalue weighted by Gasteiger charge is 2.37. The number of nitrogens with zero attached hydrogens (tertiary/aromatic N) is 2. The van der Waals surface area contributed by atoms with Crippen molar-refractivity contribution in [1.29, 1.82) is 0 Å². The number of hydrogen-bond donors (Lipinski definition) is 2. The van der Waals surface area contributed by atoms with E-state index in [1.165, 1.54) is 22.3 Å². The summed E-state index contributed by atoms with van der Waals surface area (Å²) < 4.78 is 0. The Morgan fingerprint density at radius 1 is 0.800 bits per heavy atom. The number of para-hydroxylation sites is 1. The zero-order valence-electron chi connectivity index (χ0n) is 16.6. The summed E-state index contributed by atoms with van der Waals surface area (Å²) in [4.78, 5) is 13.9. The fourth-order valence-electron chi connectivity index (χ4n) is 5.11. The summed E-state index contributed by atoms with van der Waals surface area (Å²) in [5.74, 6) is -0.107. The van der Waals surface area contributed by atoms with Gasteiger partial charge in [-0.3, -0.25) is 9.80 Å². The van der Waals surface area contributed by atoms with E-state index in [2.05, 4.69) is 58.9 Å². The van der Waals surface area contributed by atoms with Crippen molar-refractivity contribution in [2.24, 2.45) is 5.10 Å². The first-order chi connectivity index (χ1) is 14.8. The van der Waals surface area contributed by atoms with Crippen molar-refractivity contribution < 1.29 is 9.69 Å². The van der Waals surface area contributed by atoms with Crippen molar-refractivity contribution >= 4 is 17.3 Å². The van der Waals surface area contributed by atoms with E-state index in [9.17, 15) is 4.79 Å². The normalized spacial score (nSPS) is 19.5. The number of hydrazone groups is 1. The first-order valence-corrected chi connectivity index (χ1v) is 10.6. The van der Waals surface area contributed by atoms with Gasteiger partial charge in [-0.05, 0) is 17.2 Å². The summed E-state index contributed by atoms with van der Waals surface area (Å²) in [6, 6.07) is 25.7. The molecule has 3 aliphatic rings. The molecule has 2 N–H and O–H groups in total. The van der Waals surface area contributed by atoms with Crippen LogP contribution in [0.3, 0.4) is 0 Å². The topological polar surface area (TPSA) is 49.1 Å². The molecule has 6 rings (SSSR count). The largest absolute Gasteiger partial charge is 0.322 e. The molecule has 0 atom stereocenters. The molecular weight excluding hydrogens is 372 g/mol. The number of anilines is 1. The second-order valence-electron chi connectivity index (χ2n) is 8.17. The Balaban J connectivity index is 1.25. The van der Waals surface area contributed by atoms with Crippen LogP contribution in [-0.4, -0.2) is 42.8 Å². The van der Waals surface area contributed by atoms with Gasteiger partial charge in [0.25, 0.3) is 5.91 Å². The molecule has 5 heteroatoms. The molecule has 1 aliphatic carbocycles. The fourth-order valence-corrected chi connectivity index (χ4v) is 5.11. The first-order valence-electron chi connectivity index (χ1n) is 10.6. The van der Waals surface area contributed by atoms with Gasteiger partial charge in [0.1, 0.15) is 6.04 Å². The van der Waals surface area contributed by atoms with Crippen LogP contribution < -0.4 is 10.2 Å². The highest BCUT2D eigenvalue weighted by atomic mass is 16.2. The predicted molar refractivity (Wildman–Crippen MR) is 118 cm³/mol. The van der Waals surface area contributed by atoms with Crippen LogP contribution in [0.4, 0.5) is 5.69 Å². The van der Waals surface area contributed by atoms with Gasteiger partial charge in [0, 0.05) is 16.7 Å². The molecule has 3 aromatic rings. The van der Waals surface area contributed by atoms with Gasteiger partial charge in [-0.2, -0.15) is 5.10 Å². The van der Waals surface area contributed by atoms with Crippen LogP contribution in [-0.2, 0) is 4.79 Å². The van der Waals surface area contributed by atoms with Crippen LogP contribution in [0.2, 0.25) is 0 Å². The van der Waals surface area contributed by atoms with Crippen LogP contribution >= 0.6 is 0 Å². The van der Waals surface area contributed by atoms with Crippen LogP contribution in [0, 0.1) is 0 Å². The van der Waals surface area contributed by atoms with E-state index < -0.39 is 0 Å².